The van der Waals surface area contributed by atoms with Gasteiger partial charge in [-0.2, -0.15) is 4.98 Å². The number of hydrogen-bond donors (Lipinski definition) is 2. The number of aromatic nitrogens is 3. The number of rotatable bonds is 5. The zero-order chi connectivity index (χ0) is 20.2. The minimum Gasteiger partial charge on any atom is -0.497 e. The second-order valence-corrected chi connectivity index (χ2v) is 6.91. The Bertz CT molecular complexity index is 960. The Hall–Kier alpha value is -3.46. The molecule has 0 aliphatic carbocycles. The van der Waals surface area contributed by atoms with Crippen LogP contribution < -0.4 is 15.4 Å². The summed E-state index contributed by atoms with van der Waals surface area (Å²) >= 11 is 0. The van der Waals surface area contributed by atoms with E-state index >= 15 is 0 Å². The van der Waals surface area contributed by atoms with Gasteiger partial charge in [0.05, 0.1) is 13.2 Å². The molecule has 0 saturated carbocycles. The van der Waals surface area contributed by atoms with E-state index in [2.05, 4.69) is 30.7 Å². The zero-order valence-corrected chi connectivity index (χ0v) is 16.2. The molecule has 0 bridgehead atoms. The highest BCUT2D eigenvalue weighted by atomic mass is 16.5. The molecule has 3 heterocycles. The Kier molecular flexibility index (Phi) is 5.39. The fraction of sp³-hybridized carbons (Fsp3) is 0.300. The molecule has 0 unspecified atom stereocenters. The van der Waals surface area contributed by atoms with Crippen LogP contribution in [0.15, 0.2) is 53.3 Å². The van der Waals surface area contributed by atoms with Crippen molar-refractivity contribution in [3.8, 4) is 17.1 Å². The van der Waals surface area contributed by atoms with Gasteiger partial charge in [-0.05, 0) is 49.9 Å². The van der Waals surface area contributed by atoms with Crippen LogP contribution in [0.2, 0.25) is 0 Å². The Balaban J connectivity index is 1.36. The summed E-state index contributed by atoms with van der Waals surface area (Å²) < 4.78 is 10.6. The molecule has 1 fully saturated rings. The molecule has 150 valence electrons. The average Bonchev–Trinajstić information content (AvgIpc) is 3.36. The number of pyridine rings is 1. The molecule has 29 heavy (non-hydrogen) atoms. The summed E-state index contributed by atoms with van der Waals surface area (Å²) in [6.07, 6.45) is 4.07. The highest BCUT2D eigenvalue weighted by Crippen LogP contribution is 2.30. The average molecular weight is 394 g/mol. The molecule has 4 rings (SSSR count). The van der Waals surface area contributed by atoms with E-state index in [-0.39, 0.29) is 18.1 Å². The number of hydrogen-bond acceptors (Lipinski definition) is 7. The van der Waals surface area contributed by atoms with Gasteiger partial charge < -0.3 is 19.9 Å². The van der Waals surface area contributed by atoms with Crippen LogP contribution in [0.1, 0.15) is 18.4 Å². The second kappa shape index (κ2) is 8.27. The van der Waals surface area contributed by atoms with Crippen LogP contribution in [-0.4, -0.2) is 52.8 Å². The normalized spacial score (nSPS) is 19.1. The van der Waals surface area contributed by atoms with E-state index in [4.69, 9.17) is 9.26 Å². The number of likely N-dealkylation sites (N-methyl/N-ethyl adjacent to an activating group) is 1. The minimum atomic E-state index is -0.254. The lowest BCUT2D eigenvalue weighted by Gasteiger charge is -2.14. The van der Waals surface area contributed by atoms with Crippen molar-refractivity contribution in [3.63, 3.8) is 0 Å². The number of methoxy groups -OCH3 is 1. The maximum Gasteiger partial charge on any atom is 0.319 e. The van der Waals surface area contributed by atoms with Crippen LogP contribution in [0.25, 0.3) is 11.4 Å². The van der Waals surface area contributed by atoms with Crippen molar-refractivity contribution in [3.05, 3.63) is 54.7 Å². The molecule has 1 aromatic carbocycles. The molecular weight excluding hydrogens is 372 g/mol. The molecule has 0 spiro atoms. The van der Waals surface area contributed by atoms with Crippen LogP contribution in [0, 0.1) is 0 Å². The number of likely N-dealkylation sites (tertiary alicyclic amines) is 1. The Labute approximate surface area is 168 Å². The van der Waals surface area contributed by atoms with Gasteiger partial charge in [0.25, 0.3) is 0 Å². The van der Waals surface area contributed by atoms with Crippen LogP contribution in [-0.2, 0) is 0 Å². The van der Waals surface area contributed by atoms with E-state index in [9.17, 15) is 4.79 Å². The Morgan fingerprint density at radius 3 is 2.83 bits per heavy atom. The molecule has 9 nitrogen and oxygen atoms in total. The maximum absolute atomic E-state index is 12.3. The first-order valence-electron chi connectivity index (χ1n) is 9.28. The molecule has 1 saturated heterocycles. The number of ether oxygens (including phenoxy) is 1. The highest BCUT2D eigenvalue weighted by molar-refractivity contribution is 5.89. The monoisotopic (exact) mass is 394 g/mol. The summed E-state index contributed by atoms with van der Waals surface area (Å²) in [6.45, 7) is 0.686. The number of nitrogens with one attached hydrogen (secondary N) is 2. The first kappa shape index (κ1) is 18.9. The molecule has 1 aliphatic heterocycles. The second-order valence-electron chi connectivity index (χ2n) is 6.91. The smallest absolute Gasteiger partial charge is 0.319 e. The Morgan fingerprint density at radius 2 is 2.10 bits per heavy atom. The highest BCUT2D eigenvalue weighted by Gasteiger charge is 2.35. The summed E-state index contributed by atoms with van der Waals surface area (Å²) in [5, 5.41) is 9.89. The number of amides is 2. The largest absolute Gasteiger partial charge is 0.497 e. The van der Waals surface area contributed by atoms with E-state index in [0.717, 1.165) is 11.3 Å². The van der Waals surface area contributed by atoms with E-state index in [1.165, 1.54) is 0 Å². The van der Waals surface area contributed by atoms with Gasteiger partial charge in [0.1, 0.15) is 5.75 Å². The van der Waals surface area contributed by atoms with Gasteiger partial charge in [0.2, 0.25) is 11.7 Å². The van der Waals surface area contributed by atoms with Gasteiger partial charge in [-0.15, -0.1) is 0 Å². The van der Waals surface area contributed by atoms with E-state index in [1.807, 2.05) is 19.2 Å². The number of carbonyl (C=O) groups is 1. The SMILES string of the molecule is COc1ccc(NC(=O)N[C@H]2C[C@@H](c3nc(-c4cccnc4)no3)N(C)C2)cc1. The summed E-state index contributed by atoms with van der Waals surface area (Å²) in [5.41, 5.74) is 1.50. The zero-order valence-electron chi connectivity index (χ0n) is 16.2. The third-order valence-electron chi connectivity index (χ3n) is 4.88. The van der Waals surface area contributed by atoms with Gasteiger partial charge in [-0.1, -0.05) is 5.16 Å². The maximum atomic E-state index is 12.3. The van der Waals surface area contributed by atoms with Crippen molar-refractivity contribution in [2.24, 2.45) is 0 Å². The molecule has 2 N–H and O–H groups in total. The number of carbonyl (C=O) groups excluding carboxylic acids is 1. The van der Waals surface area contributed by atoms with Crippen LogP contribution in [0.3, 0.4) is 0 Å². The third kappa shape index (κ3) is 4.35. The van der Waals surface area contributed by atoms with Crippen molar-refractivity contribution in [1.82, 2.24) is 25.3 Å². The predicted molar refractivity (Wildman–Crippen MR) is 106 cm³/mol. The van der Waals surface area contributed by atoms with Gasteiger partial charge in [-0.3, -0.25) is 9.88 Å². The summed E-state index contributed by atoms with van der Waals surface area (Å²) in [4.78, 5) is 23.0. The summed E-state index contributed by atoms with van der Waals surface area (Å²) in [5.74, 6) is 1.78. The fourth-order valence-corrected chi connectivity index (χ4v) is 3.40. The van der Waals surface area contributed by atoms with Crippen LogP contribution in [0.5, 0.6) is 5.75 Å². The lowest BCUT2D eigenvalue weighted by molar-refractivity contribution is 0.243. The number of anilines is 1. The van der Waals surface area contributed by atoms with Crippen molar-refractivity contribution in [2.75, 3.05) is 26.0 Å². The number of urea groups is 1. The summed E-state index contributed by atoms with van der Waals surface area (Å²) in [6, 6.07) is 10.5. The number of nitrogens with zero attached hydrogens (tertiary/aromatic N) is 4. The molecule has 9 heteroatoms. The van der Waals surface area contributed by atoms with Gasteiger partial charge in [0.15, 0.2) is 0 Å². The standard InChI is InChI=1S/C20H22N6O3/c1-26-12-15(23-20(27)22-14-5-7-16(28-2)8-6-14)10-17(26)19-24-18(25-29-19)13-4-3-9-21-11-13/h3-9,11,15,17H,10,12H2,1-2H3,(H2,22,23,27)/t15-,17-/m0/s1. The quantitative estimate of drug-likeness (QED) is 0.685. The minimum absolute atomic E-state index is 0.0306. The van der Waals surface area contributed by atoms with Crippen LogP contribution in [0.4, 0.5) is 10.5 Å². The molecule has 0 radical (unpaired) electrons. The van der Waals surface area contributed by atoms with Gasteiger partial charge in [0, 0.05) is 36.2 Å². The molecule has 1 aliphatic rings. The lowest BCUT2D eigenvalue weighted by atomic mass is 10.1. The lowest BCUT2D eigenvalue weighted by Crippen LogP contribution is -2.39. The van der Waals surface area contributed by atoms with E-state index in [0.29, 0.717) is 30.4 Å². The Morgan fingerprint density at radius 1 is 1.28 bits per heavy atom. The molecular formula is C20H22N6O3. The molecule has 2 atom stereocenters. The van der Waals surface area contributed by atoms with E-state index < -0.39 is 0 Å². The van der Waals surface area contributed by atoms with Crippen molar-refractivity contribution in [1.29, 1.82) is 0 Å². The fourth-order valence-electron chi connectivity index (χ4n) is 3.40. The number of benzene rings is 1. The van der Waals surface area contributed by atoms with Crippen molar-refractivity contribution in [2.45, 2.75) is 18.5 Å². The van der Waals surface area contributed by atoms with Crippen molar-refractivity contribution >= 4 is 11.7 Å². The van der Waals surface area contributed by atoms with E-state index in [1.54, 1.807) is 43.8 Å². The predicted octanol–water partition coefficient (Wildman–Crippen LogP) is 2.71. The van der Waals surface area contributed by atoms with Crippen LogP contribution >= 0.6 is 0 Å². The van der Waals surface area contributed by atoms with Crippen molar-refractivity contribution < 1.29 is 14.1 Å². The van der Waals surface area contributed by atoms with Gasteiger partial charge in [-0.25, -0.2) is 4.79 Å². The summed E-state index contributed by atoms with van der Waals surface area (Å²) in [7, 11) is 3.58. The molecule has 3 aromatic rings. The third-order valence-corrected chi connectivity index (χ3v) is 4.88. The topological polar surface area (TPSA) is 105 Å². The first-order chi connectivity index (χ1) is 14.1. The van der Waals surface area contributed by atoms with Gasteiger partial charge >= 0.3 is 6.03 Å². The first-order valence-corrected chi connectivity index (χ1v) is 9.28. The molecule has 2 aromatic heterocycles. The molecule has 2 amide bonds.